The first-order chi connectivity index (χ1) is 51.4. The second-order valence-corrected chi connectivity index (χ2v) is 29.2. The Kier molecular flexibility index (Phi) is 13.8. The molecular weight excluding hydrogens is 1260 g/mol. The van der Waals surface area contributed by atoms with Gasteiger partial charge in [-0.15, -0.1) is 0 Å². The molecule has 4 nitrogen and oxygen atoms in total. The van der Waals surface area contributed by atoms with Crippen LogP contribution in [0.5, 0.6) is 0 Å². The fraction of sp³-hybridized carbons (Fsp3) is 0.120. The van der Waals surface area contributed by atoms with Crippen LogP contribution in [0.3, 0.4) is 0 Å². The van der Waals surface area contributed by atoms with Gasteiger partial charge in [0.05, 0.1) is 0 Å². The maximum absolute atomic E-state index is 2.45. The van der Waals surface area contributed by atoms with Crippen molar-refractivity contribution in [3.8, 4) is 44.5 Å². The average molecular weight is 1330 g/mol. The van der Waals surface area contributed by atoms with Crippen LogP contribution in [0.15, 0.2) is 291 Å². The van der Waals surface area contributed by atoms with Gasteiger partial charge in [0.25, 0.3) is 0 Å². The maximum Gasteiger partial charge on any atom is 0.0497 e. The van der Waals surface area contributed by atoms with Gasteiger partial charge in [-0.1, -0.05) is 206 Å². The van der Waals surface area contributed by atoms with E-state index in [1.54, 1.807) is 0 Å². The highest BCUT2D eigenvalue weighted by molar-refractivity contribution is 6.18. The van der Waals surface area contributed by atoms with E-state index in [9.17, 15) is 0 Å². The zero-order chi connectivity index (χ0) is 69.0. The SMILES string of the molecule is CCn1c2ccccc2c2c3c(ccc21)-c1cc2ccccc2cc1C3.CCn1c2ccccc2c2c3c(ccc21)Cc1cc2ccccc2cc1-3.CCn1c2ccccc2c2cc3c(cc21)-c1cc2ccccc2cc1C3.CCn1c2ccccc2c2cc3c(cc21)Cc1cc2ccccc2cc1-3. The minimum Gasteiger partial charge on any atom is -0.341 e. The minimum absolute atomic E-state index is 0.993. The van der Waals surface area contributed by atoms with E-state index in [2.05, 4.69) is 337 Å². The Hall–Kier alpha value is -12.2. The fourth-order valence-electron chi connectivity index (χ4n) is 19.2. The van der Waals surface area contributed by atoms with Crippen LogP contribution in [0.25, 0.3) is 175 Å². The number of hydrogen-bond acceptors (Lipinski definition) is 0. The third kappa shape index (κ3) is 9.17. The largest absolute Gasteiger partial charge is 0.341 e. The lowest BCUT2D eigenvalue weighted by Gasteiger charge is -2.07. The smallest absolute Gasteiger partial charge is 0.0497 e. The molecule has 0 aliphatic heterocycles. The molecule has 0 N–H and O–H groups in total. The van der Waals surface area contributed by atoms with Gasteiger partial charge < -0.3 is 18.3 Å². The summed E-state index contributed by atoms with van der Waals surface area (Å²) in [7, 11) is 0. The molecule has 0 bridgehead atoms. The normalized spacial score (nSPS) is 12.8. The highest BCUT2D eigenvalue weighted by Gasteiger charge is 2.29. The number of hydrogen-bond donors (Lipinski definition) is 0. The van der Waals surface area contributed by atoms with Crippen molar-refractivity contribution in [1.29, 1.82) is 0 Å². The summed E-state index contributed by atoms with van der Waals surface area (Å²) in [6.07, 6.45) is 4.15. The van der Waals surface area contributed by atoms with Gasteiger partial charge in [0.2, 0.25) is 0 Å². The van der Waals surface area contributed by atoms with Gasteiger partial charge in [0, 0.05) is 113 Å². The second-order valence-electron chi connectivity index (χ2n) is 29.2. The molecule has 0 spiro atoms. The Balaban J connectivity index is 0.0000000896. The Labute approximate surface area is 604 Å². The molecule has 104 heavy (non-hydrogen) atoms. The highest BCUT2D eigenvalue weighted by Crippen LogP contribution is 2.50. The minimum atomic E-state index is 0.993. The van der Waals surface area contributed by atoms with Crippen LogP contribution in [-0.4, -0.2) is 18.3 Å². The number of rotatable bonds is 4. The Morgan fingerprint density at radius 1 is 0.202 bits per heavy atom. The Morgan fingerprint density at radius 2 is 0.519 bits per heavy atom. The zero-order valence-corrected chi connectivity index (χ0v) is 59.2. The van der Waals surface area contributed by atoms with Gasteiger partial charge in [0.15, 0.2) is 0 Å². The molecule has 4 heterocycles. The van der Waals surface area contributed by atoms with E-state index in [-0.39, 0.29) is 0 Å². The van der Waals surface area contributed by atoms with E-state index in [0.29, 0.717) is 0 Å². The van der Waals surface area contributed by atoms with E-state index in [1.165, 1.54) is 219 Å². The number of para-hydroxylation sites is 4. The van der Waals surface area contributed by atoms with Crippen LogP contribution in [0.4, 0.5) is 0 Å². The Bertz CT molecular complexity index is 7000. The summed E-state index contributed by atoms with van der Waals surface area (Å²) in [6, 6.07) is 108. The number of benzene rings is 16. The van der Waals surface area contributed by atoms with Crippen molar-refractivity contribution in [3.05, 3.63) is 336 Å². The van der Waals surface area contributed by atoms with Crippen molar-refractivity contribution in [1.82, 2.24) is 18.3 Å². The van der Waals surface area contributed by atoms with Gasteiger partial charge in [-0.2, -0.15) is 0 Å². The summed E-state index contributed by atoms with van der Waals surface area (Å²) >= 11 is 0. The monoisotopic (exact) mass is 1330 g/mol. The lowest BCUT2D eigenvalue weighted by molar-refractivity contribution is 0.827. The quantitative estimate of drug-likeness (QED) is 0.167. The van der Waals surface area contributed by atoms with Gasteiger partial charge in [-0.3, -0.25) is 0 Å². The molecule has 0 fully saturated rings. The van der Waals surface area contributed by atoms with Gasteiger partial charge >= 0.3 is 0 Å². The molecule has 4 heteroatoms. The molecule has 4 aliphatic rings. The zero-order valence-electron chi connectivity index (χ0n) is 59.2. The molecule has 0 saturated heterocycles. The van der Waals surface area contributed by atoms with Crippen LogP contribution >= 0.6 is 0 Å². The molecule has 20 aromatic rings. The molecule has 0 amide bonds. The third-order valence-corrected chi connectivity index (χ3v) is 23.9. The summed E-state index contributed by atoms with van der Waals surface area (Å²) in [6.45, 7) is 12.9. The summed E-state index contributed by atoms with van der Waals surface area (Å²) in [4.78, 5) is 0. The van der Waals surface area contributed by atoms with Crippen LogP contribution in [0.1, 0.15) is 72.2 Å². The van der Waals surface area contributed by atoms with E-state index in [0.717, 1.165) is 51.9 Å². The van der Waals surface area contributed by atoms with Crippen molar-refractivity contribution in [2.24, 2.45) is 0 Å². The lowest BCUT2D eigenvalue weighted by atomic mass is 9.97. The fourth-order valence-corrected chi connectivity index (χ4v) is 19.2. The summed E-state index contributed by atoms with van der Waals surface area (Å²) in [5, 5.41) is 21.8. The molecule has 4 aromatic heterocycles. The molecule has 0 unspecified atom stereocenters. The van der Waals surface area contributed by atoms with Gasteiger partial charge in [0.1, 0.15) is 0 Å². The Morgan fingerprint density at radius 3 is 1.02 bits per heavy atom. The van der Waals surface area contributed by atoms with E-state index < -0.39 is 0 Å². The van der Waals surface area contributed by atoms with Crippen molar-refractivity contribution < 1.29 is 0 Å². The molecular formula is C100H76N4. The van der Waals surface area contributed by atoms with Crippen LogP contribution < -0.4 is 0 Å². The second kappa shape index (κ2) is 23.7. The number of nitrogens with zero attached hydrogens (tertiary/aromatic N) is 4. The first-order valence-electron chi connectivity index (χ1n) is 37.6. The van der Waals surface area contributed by atoms with E-state index in [1.807, 2.05) is 0 Å². The van der Waals surface area contributed by atoms with Crippen molar-refractivity contribution in [2.45, 2.75) is 79.6 Å². The predicted octanol–water partition coefficient (Wildman–Crippen LogP) is 26.2. The average Bonchev–Trinajstić information content (AvgIpc) is 1.57. The molecule has 16 aromatic carbocycles. The van der Waals surface area contributed by atoms with Gasteiger partial charge in [-0.25, -0.2) is 0 Å². The van der Waals surface area contributed by atoms with E-state index in [4.69, 9.17) is 0 Å². The van der Waals surface area contributed by atoms with Crippen LogP contribution in [0, 0.1) is 0 Å². The van der Waals surface area contributed by atoms with Crippen molar-refractivity contribution >= 4 is 130 Å². The molecule has 24 rings (SSSR count). The van der Waals surface area contributed by atoms with Crippen molar-refractivity contribution in [3.63, 3.8) is 0 Å². The summed E-state index contributed by atoms with van der Waals surface area (Å²) in [5.74, 6) is 0. The number of aromatic nitrogens is 4. The number of fused-ring (bicyclic) bond motifs is 30. The van der Waals surface area contributed by atoms with Crippen LogP contribution in [-0.2, 0) is 51.9 Å². The first kappa shape index (κ1) is 60.5. The molecule has 0 atom stereocenters. The summed E-state index contributed by atoms with van der Waals surface area (Å²) < 4.78 is 9.79. The maximum atomic E-state index is 2.45. The number of aryl methyl sites for hydroxylation is 4. The lowest BCUT2D eigenvalue weighted by Crippen LogP contribution is -1.93. The predicted molar refractivity (Wildman–Crippen MR) is 443 cm³/mol. The standard InChI is InChI=1S/4C25H19N/c1-2-26-24-10-6-5-9-20(24)23-15-22-19(14-25(23)26)12-18-11-16-7-3-4-8-17(16)13-21(18)22;1-2-26-24-10-6-5-9-20(24)23-14-19-12-18-11-16-7-3-4-8-17(16)13-21(18)22(19)15-25(23)26;1-2-26-22-10-6-5-9-20(22)25-23(26)12-11-18-14-19-13-16-7-3-4-8-17(16)15-21(19)24(18)25;1-2-26-23-10-6-5-9-20(23)25-22-15-18-13-16-7-3-4-8-17(16)14-21(18)19(22)11-12-24(25)26/h2*3-11,13-15H,2,12H2,1H3;3-13,15H,2,14H2,1H3;3-14H,2,15H2,1H3. The van der Waals surface area contributed by atoms with Gasteiger partial charge in [-0.05, 0) is 270 Å². The molecule has 0 saturated carbocycles. The summed E-state index contributed by atoms with van der Waals surface area (Å²) in [5.41, 5.74) is 33.9. The highest BCUT2D eigenvalue weighted by atomic mass is 15.0. The van der Waals surface area contributed by atoms with E-state index >= 15 is 0 Å². The first-order valence-corrected chi connectivity index (χ1v) is 37.6. The molecule has 0 radical (unpaired) electrons. The van der Waals surface area contributed by atoms with Crippen LogP contribution in [0.2, 0.25) is 0 Å². The topological polar surface area (TPSA) is 19.7 Å². The van der Waals surface area contributed by atoms with Crippen molar-refractivity contribution in [2.75, 3.05) is 0 Å². The third-order valence-electron chi connectivity index (χ3n) is 23.9. The molecule has 496 valence electrons. The molecule has 4 aliphatic carbocycles.